The summed E-state index contributed by atoms with van der Waals surface area (Å²) in [5, 5.41) is 8.10. The van der Waals surface area contributed by atoms with Gasteiger partial charge in [0.1, 0.15) is 11.4 Å². The molecule has 0 amide bonds. The van der Waals surface area contributed by atoms with Gasteiger partial charge in [-0.05, 0) is 55.3 Å². The lowest BCUT2D eigenvalue weighted by molar-refractivity contribution is 0.0513. The molecule has 0 unspecified atom stereocenters. The molecule has 0 atom stereocenters. The van der Waals surface area contributed by atoms with Crippen molar-refractivity contribution in [3.63, 3.8) is 0 Å². The van der Waals surface area contributed by atoms with Crippen molar-refractivity contribution in [2.24, 2.45) is 7.05 Å². The fraction of sp³-hybridized carbons (Fsp3) is 0.270. The summed E-state index contributed by atoms with van der Waals surface area (Å²) in [7, 11) is 1.95. The van der Waals surface area contributed by atoms with E-state index in [1.807, 2.05) is 49.0 Å². The number of nitrogens with zero attached hydrogens (tertiary/aromatic N) is 4. The van der Waals surface area contributed by atoms with Crippen LogP contribution in [0.25, 0.3) is 32.8 Å². The maximum Gasteiger partial charge on any atom is 0.355 e. The highest BCUT2D eigenvalue weighted by Gasteiger charge is 2.28. The fourth-order valence-corrected chi connectivity index (χ4v) is 6.57. The van der Waals surface area contributed by atoms with E-state index in [0.717, 1.165) is 73.2 Å². The summed E-state index contributed by atoms with van der Waals surface area (Å²) in [6, 6.07) is 24.7. The van der Waals surface area contributed by atoms with Crippen LogP contribution >= 0.6 is 0 Å². The number of aromatic nitrogens is 4. The average Bonchev–Trinajstić information content (AvgIpc) is 3.51. The number of carbonyl (C=O) groups excluding carboxylic acids is 1. The monoisotopic (exact) mass is 600 g/mol. The summed E-state index contributed by atoms with van der Waals surface area (Å²) in [5.74, 6) is 0.535. The van der Waals surface area contributed by atoms with E-state index in [2.05, 4.69) is 58.9 Å². The number of esters is 1. The van der Waals surface area contributed by atoms with Crippen molar-refractivity contribution in [2.45, 2.75) is 46.4 Å². The number of carbonyl (C=O) groups is 1. The summed E-state index contributed by atoms with van der Waals surface area (Å²) >= 11 is 0. The van der Waals surface area contributed by atoms with Crippen LogP contribution in [0.3, 0.4) is 0 Å². The summed E-state index contributed by atoms with van der Waals surface area (Å²) in [6.07, 6.45) is 3.15. The van der Waals surface area contributed by atoms with Crippen molar-refractivity contribution in [2.75, 3.05) is 13.2 Å². The third-order valence-electron chi connectivity index (χ3n) is 8.70. The molecule has 45 heavy (non-hydrogen) atoms. The molecular formula is C37H36N4O4. The van der Waals surface area contributed by atoms with Crippen LogP contribution < -0.4 is 4.74 Å². The zero-order valence-electron chi connectivity index (χ0n) is 25.9. The number of aryl methyl sites for hydroxylation is 2. The molecule has 0 bridgehead atoms. The van der Waals surface area contributed by atoms with Crippen LogP contribution in [0.1, 0.15) is 52.0 Å². The molecule has 228 valence electrons. The highest BCUT2D eigenvalue weighted by atomic mass is 16.5. The van der Waals surface area contributed by atoms with Crippen molar-refractivity contribution in [1.29, 1.82) is 0 Å². The highest BCUT2D eigenvalue weighted by Crippen LogP contribution is 2.39. The zero-order valence-corrected chi connectivity index (χ0v) is 25.9. The minimum absolute atomic E-state index is 0.286. The Bertz CT molecular complexity index is 2030. The molecular weight excluding hydrogens is 564 g/mol. The normalized spacial score (nSPS) is 12.9. The first kappa shape index (κ1) is 28.8. The third-order valence-corrected chi connectivity index (χ3v) is 8.70. The number of pyridine rings is 1. The first-order chi connectivity index (χ1) is 22.0. The van der Waals surface area contributed by atoms with Crippen LogP contribution in [-0.4, -0.2) is 38.5 Å². The summed E-state index contributed by atoms with van der Waals surface area (Å²) in [6.45, 7) is 5.87. The molecule has 3 aromatic carbocycles. The van der Waals surface area contributed by atoms with Gasteiger partial charge in [-0.3, -0.25) is 9.67 Å². The van der Waals surface area contributed by atoms with E-state index in [9.17, 15) is 4.79 Å². The van der Waals surface area contributed by atoms with Gasteiger partial charge in [-0.25, -0.2) is 4.79 Å². The number of para-hydroxylation sites is 1. The molecule has 6 aromatic rings. The number of fused-ring (bicyclic) bond motifs is 4. The lowest BCUT2D eigenvalue weighted by atomic mass is 9.98. The van der Waals surface area contributed by atoms with Crippen LogP contribution in [-0.2, 0) is 42.7 Å². The van der Waals surface area contributed by atoms with E-state index in [1.165, 1.54) is 0 Å². The molecule has 0 aliphatic carbocycles. The molecule has 3 aromatic heterocycles. The molecule has 4 heterocycles. The number of hydrogen-bond donors (Lipinski definition) is 0. The Balaban J connectivity index is 1.36. The van der Waals surface area contributed by atoms with E-state index in [0.29, 0.717) is 38.5 Å². The van der Waals surface area contributed by atoms with E-state index >= 15 is 0 Å². The van der Waals surface area contributed by atoms with E-state index in [-0.39, 0.29) is 12.6 Å². The zero-order chi connectivity index (χ0) is 30.9. The largest absolute Gasteiger partial charge is 0.493 e. The van der Waals surface area contributed by atoms with Gasteiger partial charge in [0.15, 0.2) is 0 Å². The van der Waals surface area contributed by atoms with Gasteiger partial charge in [0.25, 0.3) is 0 Å². The van der Waals surface area contributed by atoms with Crippen molar-refractivity contribution in [3.8, 4) is 16.9 Å². The van der Waals surface area contributed by atoms with Crippen molar-refractivity contribution in [3.05, 3.63) is 113 Å². The lowest BCUT2D eigenvalue weighted by Gasteiger charge is -2.15. The number of benzene rings is 3. The Morgan fingerprint density at radius 3 is 2.64 bits per heavy atom. The predicted octanol–water partition coefficient (Wildman–Crippen LogP) is 7.17. The molecule has 1 aliphatic rings. The second-order valence-electron chi connectivity index (χ2n) is 11.4. The Morgan fingerprint density at radius 1 is 0.956 bits per heavy atom. The minimum Gasteiger partial charge on any atom is -0.493 e. The number of rotatable bonds is 7. The van der Waals surface area contributed by atoms with E-state index in [4.69, 9.17) is 19.3 Å². The Kier molecular flexibility index (Phi) is 7.81. The van der Waals surface area contributed by atoms with Crippen LogP contribution in [0.2, 0.25) is 0 Å². The smallest absolute Gasteiger partial charge is 0.355 e. The standard InChI is InChI=1S/C37H36N4O4/c1-4-44-37(42)36-29(17-10-20-45-33-18-7-12-25-11-5-6-14-27(25)33)28-15-8-16-30-34-24(2)40(3)39-32(34)23-43-22-31-26(13-9-19-38-31)21-41(36)35(28)30/h5-9,11-16,18-19H,4,10,17,20-23H2,1-3H3. The van der Waals surface area contributed by atoms with Crippen LogP contribution in [0.4, 0.5) is 0 Å². The Morgan fingerprint density at radius 2 is 1.76 bits per heavy atom. The minimum atomic E-state index is -0.329. The lowest BCUT2D eigenvalue weighted by Crippen LogP contribution is -2.16. The van der Waals surface area contributed by atoms with Gasteiger partial charge in [-0.15, -0.1) is 0 Å². The maximum atomic E-state index is 13.9. The number of hydrogen-bond acceptors (Lipinski definition) is 6. The molecule has 7 rings (SSSR count). The summed E-state index contributed by atoms with van der Waals surface area (Å²) < 4.78 is 22.2. The second kappa shape index (κ2) is 12.2. The van der Waals surface area contributed by atoms with Gasteiger partial charge in [0.05, 0.1) is 49.9 Å². The molecule has 0 saturated carbocycles. The molecule has 8 heteroatoms. The molecule has 0 radical (unpaired) electrons. The average molecular weight is 601 g/mol. The Hall–Kier alpha value is -4.95. The number of ether oxygens (including phenoxy) is 3. The summed E-state index contributed by atoms with van der Waals surface area (Å²) in [5.41, 5.74) is 8.31. The molecule has 0 spiro atoms. The summed E-state index contributed by atoms with van der Waals surface area (Å²) in [4.78, 5) is 18.5. The van der Waals surface area contributed by atoms with Crippen molar-refractivity contribution < 1.29 is 19.0 Å². The first-order valence-electron chi connectivity index (χ1n) is 15.5. The van der Waals surface area contributed by atoms with Crippen molar-refractivity contribution >= 4 is 27.6 Å². The molecule has 0 saturated heterocycles. The molecule has 0 fully saturated rings. The van der Waals surface area contributed by atoms with E-state index < -0.39 is 0 Å². The van der Waals surface area contributed by atoms with E-state index in [1.54, 1.807) is 6.20 Å². The predicted molar refractivity (Wildman–Crippen MR) is 174 cm³/mol. The first-order valence-corrected chi connectivity index (χ1v) is 15.5. The second-order valence-corrected chi connectivity index (χ2v) is 11.4. The quantitative estimate of drug-likeness (QED) is 0.143. The van der Waals surface area contributed by atoms with Gasteiger partial charge in [-0.2, -0.15) is 5.10 Å². The Labute approximate surface area is 262 Å². The molecule has 8 nitrogen and oxygen atoms in total. The van der Waals surface area contributed by atoms with Crippen molar-refractivity contribution in [1.82, 2.24) is 19.3 Å². The maximum absolute atomic E-state index is 13.9. The van der Waals surface area contributed by atoms with Gasteiger partial charge in [0.2, 0.25) is 0 Å². The molecule has 1 aliphatic heterocycles. The highest BCUT2D eigenvalue weighted by molar-refractivity contribution is 6.05. The van der Waals surface area contributed by atoms with Gasteiger partial charge >= 0.3 is 5.97 Å². The van der Waals surface area contributed by atoms with Crippen LogP contribution in [0.15, 0.2) is 79.0 Å². The van der Waals surface area contributed by atoms with Crippen LogP contribution in [0.5, 0.6) is 5.75 Å². The van der Waals surface area contributed by atoms with Crippen LogP contribution in [0, 0.1) is 6.92 Å². The topological polar surface area (TPSA) is 80.4 Å². The van der Waals surface area contributed by atoms with Gasteiger partial charge < -0.3 is 18.8 Å². The van der Waals surface area contributed by atoms with Gasteiger partial charge in [0, 0.05) is 40.8 Å². The molecule has 0 N–H and O–H groups in total. The SMILES string of the molecule is CCOC(=O)c1c(CCCOc2cccc3ccccc23)c2cccc3c2n1Cc1cccnc1COCc1nn(C)c(C)c1-3. The van der Waals surface area contributed by atoms with Gasteiger partial charge in [-0.1, -0.05) is 60.7 Å². The third kappa shape index (κ3) is 5.25. The fourth-order valence-electron chi connectivity index (χ4n) is 6.57.